The summed E-state index contributed by atoms with van der Waals surface area (Å²) < 4.78 is 41.6. The summed E-state index contributed by atoms with van der Waals surface area (Å²) in [6.07, 6.45) is -8.18. The maximum Gasteiger partial charge on any atom is 0.317 e. The van der Waals surface area contributed by atoms with Gasteiger partial charge in [-0.25, -0.2) is 0 Å². The lowest BCUT2D eigenvalue weighted by atomic mass is 9.86. The van der Waals surface area contributed by atoms with Crippen molar-refractivity contribution in [2.75, 3.05) is 33.0 Å². The van der Waals surface area contributed by atoms with Crippen LogP contribution in [-0.4, -0.2) is 107 Å². The Balaban J connectivity index is 1.20. The summed E-state index contributed by atoms with van der Waals surface area (Å²) in [5, 5.41) is 51.4. The number of phenols is 1. The average Bonchev–Trinajstić information content (AvgIpc) is 3.78. The summed E-state index contributed by atoms with van der Waals surface area (Å²) in [6.45, 7) is 5.57. The Hall–Kier alpha value is -4.88. The molecule has 314 valence electrons. The fourth-order valence-corrected chi connectivity index (χ4v) is 7.68. The molecule has 0 spiro atoms. The van der Waals surface area contributed by atoms with Gasteiger partial charge >= 0.3 is 11.9 Å². The van der Waals surface area contributed by atoms with Crippen molar-refractivity contribution in [2.24, 2.45) is 11.7 Å². The number of esters is 1. The molecule has 7 N–H and O–H groups in total. The fourth-order valence-electron chi connectivity index (χ4n) is 7.68. The monoisotopic (exact) mass is 811 g/mol. The van der Waals surface area contributed by atoms with Gasteiger partial charge in [0.25, 0.3) is 6.29 Å². The molecule has 1 fully saturated rings. The van der Waals surface area contributed by atoms with E-state index in [0.717, 1.165) is 22.3 Å². The molecule has 3 aromatic carbocycles. The van der Waals surface area contributed by atoms with E-state index in [1.54, 1.807) is 18.2 Å². The summed E-state index contributed by atoms with van der Waals surface area (Å²) in [7, 11) is 0. The van der Waals surface area contributed by atoms with Gasteiger partial charge in [0.05, 0.1) is 19.1 Å². The molecule has 0 unspecified atom stereocenters. The van der Waals surface area contributed by atoms with Crippen molar-refractivity contribution in [1.29, 1.82) is 0 Å². The van der Waals surface area contributed by atoms with Crippen molar-refractivity contribution < 1.29 is 78.1 Å². The largest absolute Gasteiger partial charge is 0.508 e. The Morgan fingerprint density at radius 1 is 0.966 bits per heavy atom. The number of rotatable bonds is 16. The molecule has 4 aliphatic rings. The van der Waals surface area contributed by atoms with Crippen LogP contribution >= 0.6 is 0 Å². The first kappa shape index (κ1) is 41.3. The molecule has 0 bridgehead atoms. The predicted octanol–water partition coefficient (Wildman–Crippen LogP) is 2.56. The first-order valence-corrected chi connectivity index (χ1v) is 19.3. The van der Waals surface area contributed by atoms with Crippen LogP contribution in [0.1, 0.15) is 72.6 Å². The predicted molar refractivity (Wildman–Crippen MR) is 200 cm³/mol. The van der Waals surface area contributed by atoms with E-state index in [1.807, 2.05) is 25.1 Å². The number of phenolic OH excluding ortho intramolecular Hbond substituents is 1. The molecule has 4 aliphatic heterocycles. The van der Waals surface area contributed by atoms with Gasteiger partial charge in [0.15, 0.2) is 29.6 Å². The number of carbonyl (C=O) groups excluding carboxylic acids is 1. The standard InChI is InChI=1S/C41H49NO16/c1-4-20-8-21(11-23(44)10-20)9-22-12-29-25(38-27(17-51-29)24-13-30-39(55-34(16-43)53-30)26(7-19(2)3)37(24)56-38)14-28(22)57-58-40-36(49)35(48)31(54-41(40)50-6-5-42)18-52-33(47)15-32(45)46/h8,10-14,19,27,31,34-36,38,40-41,43-44,48-49H,4-7,9,15-18,42H2,1-3H3,(H,45,46)/t27-,31-,34-,35-,36+,38+,40+,41-/m1/s1. The van der Waals surface area contributed by atoms with Crippen LogP contribution in [-0.2, 0) is 47.9 Å². The normalized spacial score (nSPS) is 25.3. The number of benzene rings is 3. The highest BCUT2D eigenvalue weighted by molar-refractivity contribution is 5.90. The number of aliphatic carboxylic acids is 1. The van der Waals surface area contributed by atoms with Crippen LogP contribution in [0, 0.1) is 5.92 Å². The van der Waals surface area contributed by atoms with Crippen molar-refractivity contribution in [1.82, 2.24) is 0 Å². The lowest BCUT2D eigenvalue weighted by Gasteiger charge is -2.41. The molecule has 17 heteroatoms. The van der Waals surface area contributed by atoms with E-state index in [0.29, 0.717) is 47.0 Å². The van der Waals surface area contributed by atoms with Gasteiger partial charge in [-0.2, -0.15) is 4.89 Å². The average molecular weight is 812 g/mol. The summed E-state index contributed by atoms with van der Waals surface area (Å²) in [5.41, 5.74) is 10.3. The zero-order valence-corrected chi connectivity index (χ0v) is 32.3. The molecule has 7 rings (SSSR count). The summed E-state index contributed by atoms with van der Waals surface area (Å²) >= 11 is 0. The second kappa shape index (κ2) is 17.5. The number of aryl methyl sites for hydroxylation is 1. The Morgan fingerprint density at radius 2 is 1.76 bits per heavy atom. The van der Waals surface area contributed by atoms with E-state index in [4.69, 9.17) is 53.8 Å². The number of carboxylic acids is 1. The van der Waals surface area contributed by atoms with Crippen LogP contribution in [0.3, 0.4) is 0 Å². The molecule has 0 amide bonds. The molecule has 8 atom stereocenters. The molecule has 4 heterocycles. The van der Waals surface area contributed by atoms with Crippen LogP contribution in [0.15, 0.2) is 36.4 Å². The molecule has 0 aliphatic carbocycles. The minimum absolute atomic E-state index is 0.0442. The second-order valence-corrected chi connectivity index (χ2v) is 15.1. The first-order valence-electron chi connectivity index (χ1n) is 19.3. The SMILES string of the molecule is CCc1cc(O)cc(Cc2cc3c(cc2OO[C@@H]2[C@H](OCCN)O[C@H](COC(=O)CC(=O)O)[C@@H](O)[C@@H]2O)[C@@H]2Oc4c(cc5c(c4CC(C)C)O[C@H](CO)O5)[C@H]2CO3)c1. The van der Waals surface area contributed by atoms with Crippen LogP contribution in [0.5, 0.6) is 34.5 Å². The van der Waals surface area contributed by atoms with Crippen LogP contribution in [0.4, 0.5) is 0 Å². The van der Waals surface area contributed by atoms with Crippen LogP contribution in [0.25, 0.3) is 0 Å². The number of nitrogens with two attached hydrogens (primary N) is 1. The molecular weight excluding hydrogens is 762 g/mol. The van der Waals surface area contributed by atoms with Gasteiger partial charge in [-0.3, -0.25) is 9.59 Å². The van der Waals surface area contributed by atoms with E-state index in [1.165, 1.54) is 0 Å². The highest BCUT2D eigenvalue weighted by Gasteiger charge is 2.49. The van der Waals surface area contributed by atoms with Gasteiger partial charge in [0.1, 0.15) is 61.3 Å². The Labute approximate surface area is 334 Å². The van der Waals surface area contributed by atoms with Gasteiger partial charge in [-0.05, 0) is 60.2 Å². The smallest absolute Gasteiger partial charge is 0.317 e. The second-order valence-electron chi connectivity index (χ2n) is 15.1. The van der Waals surface area contributed by atoms with Crippen molar-refractivity contribution in [3.8, 4) is 34.5 Å². The minimum atomic E-state index is -1.70. The number of aliphatic hydroxyl groups excluding tert-OH is 3. The molecule has 0 radical (unpaired) electrons. The first-order chi connectivity index (χ1) is 27.9. The van der Waals surface area contributed by atoms with E-state index in [2.05, 4.69) is 13.8 Å². The Bertz CT molecular complexity index is 1990. The summed E-state index contributed by atoms with van der Waals surface area (Å²) in [5.74, 6) is 0.101. The van der Waals surface area contributed by atoms with Crippen LogP contribution in [0.2, 0.25) is 0 Å². The van der Waals surface area contributed by atoms with Crippen LogP contribution < -0.4 is 29.6 Å². The zero-order valence-electron chi connectivity index (χ0n) is 32.3. The van der Waals surface area contributed by atoms with Gasteiger partial charge in [0.2, 0.25) is 0 Å². The molecule has 17 nitrogen and oxygen atoms in total. The van der Waals surface area contributed by atoms with Gasteiger partial charge < -0.3 is 69.3 Å². The lowest BCUT2D eigenvalue weighted by Crippen LogP contribution is -2.60. The molecule has 3 aromatic rings. The highest BCUT2D eigenvalue weighted by atomic mass is 17.2. The van der Waals surface area contributed by atoms with Gasteiger partial charge in [0, 0.05) is 35.2 Å². The number of carbonyl (C=O) groups is 2. The summed E-state index contributed by atoms with van der Waals surface area (Å²) in [4.78, 5) is 34.7. The third kappa shape index (κ3) is 8.61. The van der Waals surface area contributed by atoms with Crippen molar-refractivity contribution in [3.63, 3.8) is 0 Å². The molecule has 0 saturated carbocycles. The third-order valence-corrected chi connectivity index (χ3v) is 10.4. The lowest BCUT2D eigenvalue weighted by molar-refractivity contribution is -0.372. The number of ether oxygens (including phenoxy) is 7. The number of aliphatic hydroxyl groups is 3. The van der Waals surface area contributed by atoms with Crippen molar-refractivity contribution >= 4 is 11.9 Å². The zero-order chi connectivity index (χ0) is 41.2. The fraction of sp³-hybridized carbons (Fsp3) is 0.512. The number of carboxylic acid groups (broad SMARTS) is 1. The molecule has 1 saturated heterocycles. The quantitative estimate of drug-likeness (QED) is 0.0527. The van der Waals surface area contributed by atoms with E-state index in [-0.39, 0.29) is 56.1 Å². The molecular formula is C41H49NO16. The third-order valence-electron chi connectivity index (χ3n) is 10.4. The number of hydrogen-bond acceptors (Lipinski definition) is 16. The maximum absolute atomic E-state index is 11.9. The minimum Gasteiger partial charge on any atom is -0.508 e. The van der Waals surface area contributed by atoms with Gasteiger partial charge in [-0.15, -0.1) is 0 Å². The highest BCUT2D eigenvalue weighted by Crippen LogP contribution is 2.58. The van der Waals surface area contributed by atoms with E-state index in [9.17, 15) is 30.0 Å². The Morgan fingerprint density at radius 3 is 2.48 bits per heavy atom. The summed E-state index contributed by atoms with van der Waals surface area (Å²) in [6, 6.07) is 10.7. The molecule has 0 aromatic heterocycles. The van der Waals surface area contributed by atoms with Crippen molar-refractivity contribution in [3.05, 3.63) is 69.8 Å². The number of hydrogen-bond donors (Lipinski definition) is 6. The Kier molecular flexibility index (Phi) is 12.5. The van der Waals surface area contributed by atoms with E-state index < -0.39 is 68.1 Å². The van der Waals surface area contributed by atoms with Crippen molar-refractivity contribution in [2.45, 2.75) is 95.5 Å². The number of aromatic hydroxyl groups is 1. The van der Waals surface area contributed by atoms with E-state index >= 15 is 0 Å². The molecule has 58 heavy (non-hydrogen) atoms. The maximum atomic E-state index is 11.9. The number of fused-ring (bicyclic) bond motifs is 6. The topological polar surface area (TPSA) is 244 Å². The van der Waals surface area contributed by atoms with Gasteiger partial charge in [-0.1, -0.05) is 26.8 Å².